The number of aromatic nitrogens is 1. The molecule has 0 atom stereocenters. The van der Waals surface area contributed by atoms with Crippen LogP contribution >= 0.6 is 23.5 Å². The molecule has 0 fully saturated rings. The van der Waals surface area contributed by atoms with E-state index in [4.69, 9.17) is 9.79 Å². The van der Waals surface area contributed by atoms with Gasteiger partial charge < -0.3 is 14.8 Å². The van der Waals surface area contributed by atoms with E-state index in [0.29, 0.717) is 5.69 Å². The minimum Gasteiger partial charge on any atom is -0.358 e. The van der Waals surface area contributed by atoms with Crippen LogP contribution in [0.25, 0.3) is 10.9 Å². The number of aromatic amines is 1. The Morgan fingerprint density at radius 1 is 1.33 bits per heavy atom. The lowest BCUT2D eigenvalue weighted by Gasteiger charge is -1.99. The molecule has 0 aliphatic carbocycles. The molecule has 0 aliphatic heterocycles. The summed E-state index contributed by atoms with van der Waals surface area (Å²) in [5.41, 5.74) is 1.42. The lowest BCUT2D eigenvalue weighted by atomic mass is 10.2. The highest BCUT2D eigenvalue weighted by atomic mass is 79.9. The highest BCUT2D eigenvalue weighted by molar-refractivity contribution is 9.10. The van der Waals surface area contributed by atoms with Gasteiger partial charge in [-0.25, -0.2) is 0 Å². The minimum absolute atomic E-state index is 0.251. The molecule has 1 aromatic heterocycles. The van der Waals surface area contributed by atoms with Crippen LogP contribution in [0.1, 0.15) is 5.69 Å². The van der Waals surface area contributed by atoms with Crippen LogP contribution in [0.5, 0.6) is 0 Å². The van der Waals surface area contributed by atoms with Gasteiger partial charge in [0.1, 0.15) is 0 Å². The maximum Gasteiger partial charge on any atom is 0.331 e. The first-order chi connectivity index (χ1) is 6.94. The van der Waals surface area contributed by atoms with Crippen molar-refractivity contribution in [3.8, 4) is 0 Å². The van der Waals surface area contributed by atoms with E-state index in [2.05, 4.69) is 20.9 Å². The Morgan fingerprint density at radius 3 is 2.73 bits per heavy atom. The van der Waals surface area contributed by atoms with Crippen molar-refractivity contribution in [1.82, 2.24) is 4.98 Å². The molecule has 3 N–H and O–H groups in total. The van der Waals surface area contributed by atoms with E-state index >= 15 is 0 Å². The third kappa shape index (κ3) is 2.69. The molecule has 0 spiro atoms. The number of hydrogen-bond donors (Lipinski definition) is 3. The molecule has 80 valence electrons. The monoisotopic (exact) mass is 289 g/mol. The van der Waals surface area contributed by atoms with Crippen molar-refractivity contribution in [2.24, 2.45) is 0 Å². The summed E-state index contributed by atoms with van der Waals surface area (Å²) in [4.78, 5) is 20.6. The first-order valence-corrected chi connectivity index (χ1v) is 6.85. The van der Waals surface area contributed by atoms with Crippen LogP contribution in [0.3, 0.4) is 0 Å². The predicted octanol–water partition coefficient (Wildman–Crippen LogP) is 2.61. The Bertz CT molecular complexity index is 545. The summed E-state index contributed by atoms with van der Waals surface area (Å²) in [6.45, 7) is 0. The van der Waals surface area contributed by atoms with E-state index < -0.39 is 7.60 Å². The van der Waals surface area contributed by atoms with Gasteiger partial charge in [0.25, 0.3) is 0 Å². The summed E-state index contributed by atoms with van der Waals surface area (Å²) >= 11 is 3.33. The number of hydrogen-bond acceptors (Lipinski definition) is 1. The van der Waals surface area contributed by atoms with E-state index in [1.54, 1.807) is 6.07 Å². The van der Waals surface area contributed by atoms with Crippen LogP contribution in [0.2, 0.25) is 0 Å². The number of fused-ring (bicyclic) bond motifs is 1. The van der Waals surface area contributed by atoms with Crippen LogP contribution < -0.4 is 0 Å². The second-order valence-corrected chi connectivity index (χ2v) is 5.91. The van der Waals surface area contributed by atoms with Gasteiger partial charge in [0.15, 0.2) is 0 Å². The van der Waals surface area contributed by atoms with Crippen molar-refractivity contribution >= 4 is 34.4 Å². The smallest absolute Gasteiger partial charge is 0.331 e. The van der Waals surface area contributed by atoms with Crippen molar-refractivity contribution in [2.45, 2.75) is 6.16 Å². The third-order valence-corrected chi connectivity index (χ3v) is 3.26. The standard InChI is InChI=1S/C9H9BrNO3P/c10-7-2-1-6-3-8(5-15(12,13)14)11-9(6)4-7/h1-4,11H,5H2,(H2,12,13,14). The molecule has 2 rings (SSSR count). The molecule has 15 heavy (non-hydrogen) atoms. The highest BCUT2D eigenvalue weighted by Gasteiger charge is 2.15. The van der Waals surface area contributed by atoms with E-state index in [1.165, 1.54) is 0 Å². The zero-order chi connectivity index (χ0) is 11.1. The average molecular weight is 290 g/mol. The first-order valence-electron chi connectivity index (χ1n) is 4.26. The molecule has 0 aliphatic rings. The average Bonchev–Trinajstić information content (AvgIpc) is 2.42. The molecule has 1 heterocycles. The zero-order valence-corrected chi connectivity index (χ0v) is 10.1. The molecule has 0 saturated carbocycles. The number of rotatable bonds is 2. The normalized spacial score (nSPS) is 12.2. The van der Waals surface area contributed by atoms with Crippen molar-refractivity contribution < 1.29 is 14.4 Å². The topological polar surface area (TPSA) is 73.3 Å². The van der Waals surface area contributed by atoms with Crippen LogP contribution in [0.4, 0.5) is 0 Å². The van der Waals surface area contributed by atoms with E-state index in [9.17, 15) is 4.57 Å². The fourth-order valence-corrected chi connectivity index (χ4v) is 2.44. The van der Waals surface area contributed by atoms with Gasteiger partial charge in [0.2, 0.25) is 0 Å². The highest BCUT2D eigenvalue weighted by Crippen LogP contribution is 2.39. The van der Waals surface area contributed by atoms with Gasteiger partial charge >= 0.3 is 7.60 Å². The van der Waals surface area contributed by atoms with Gasteiger partial charge in [-0.2, -0.15) is 0 Å². The van der Waals surface area contributed by atoms with Gasteiger partial charge in [0.05, 0.1) is 6.16 Å². The molecular weight excluding hydrogens is 281 g/mol. The fourth-order valence-electron chi connectivity index (χ4n) is 1.47. The van der Waals surface area contributed by atoms with Crippen LogP contribution in [0.15, 0.2) is 28.7 Å². The minimum atomic E-state index is -4.00. The molecule has 4 nitrogen and oxygen atoms in total. The number of halogens is 1. The largest absolute Gasteiger partial charge is 0.358 e. The lowest BCUT2D eigenvalue weighted by Crippen LogP contribution is -1.85. The van der Waals surface area contributed by atoms with E-state index in [-0.39, 0.29) is 6.16 Å². The Hall–Kier alpha value is -0.610. The molecule has 2 aromatic rings. The SMILES string of the molecule is O=P(O)(O)Cc1cc2ccc(Br)cc2[nH]1. The van der Waals surface area contributed by atoms with Crippen molar-refractivity contribution in [2.75, 3.05) is 0 Å². The Morgan fingerprint density at radius 2 is 2.07 bits per heavy atom. The quantitative estimate of drug-likeness (QED) is 0.744. The fraction of sp³-hybridized carbons (Fsp3) is 0.111. The molecule has 6 heteroatoms. The summed E-state index contributed by atoms with van der Waals surface area (Å²) in [5, 5.41) is 0.946. The molecule has 0 unspecified atom stereocenters. The van der Waals surface area contributed by atoms with Gasteiger partial charge in [-0.1, -0.05) is 22.0 Å². The lowest BCUT2D eigenvalue weighted by molar-refractivity contribution is 0.371. The molecule has 0 bridgehead atoms. The maximum atomic E-state index is 10.8. The molecule has 0 radical (unpaired) electrons. The van der Waals surface area contributed by atoms with E-state index in [1.807, 2.05) is 18.2 Å². The van der Waals surface area contributed by atoms with Crippen LogP contribution in [-0.4, -0.2) is 14.8 Å². The Balaban J connectivity index is 2.43. The van der Waals surface area contributed by atoms with Crippen LogP contribution in [-0.2, 0) is 10.7 Å². The second-order valence-electron chi connectivity index (χ2n) is 3.35. The summed E-state index contributed by atoms with van der Waals surface area (Å²) in [6, 6.07) is 7.40. The van der Waals surface area contributed by atoms with Gasteiger partial charge in [-0.15, -0.1) is 0 Å². The summed E-state index contributed by atoms with van der Waals surface area (Å²) in [5.74, 6) is 0. The molecular formula is C9H9BrNO3P. The zero-order valence-electron chi connectivity index (χ0n) is 7.64. The maximum absolute atomic E-state index is 10.8. The number of H-pyrrole nitrogens is 1. The predicted molar refractivity (Wildman–Crippen MR) is 61.7 cm³/mol. The van der Waals surface area contributed by atoms with Crippen molar-refractivity contribution in [3.05, 3.63) is 34.4 Å². The summed E-state index contributed by atoms with van der Waals surface area (Å²) in [6.07, 6.45) is -0.251. The van der Waals surface area contributed by atoms with Gasteiger partial charge in [-0.05, 0) is 23.6 Å². The van der Waals surface area contributed by atoms with Crippen molar-refractivity contribution in [1.29, 1.82) is 0 Å². The summed E-state index contributed by atoms with van der Waals surface area (Å²) < 4.78 is 11.7. The molecule has 1 aromatic carbocycles. The first kappa shape index (κ1) is 10.9. The third-order valence-electron chi connectivity index (χ3n) is 2.02. The molecule has 0 saturated heterocycles. The van der Waals surface area contributed by atoms with Crippen molar-refractivity contribution in [3.63, 3.8) is 0 Å². The second kappa shape index (κ2) is 3.76. The number of nitrogens with one attached hydrogen (secondary N) is 1. The molecule has 0 amide bonds. The number of benzene rings is 1. The van der Waals surface area contributed by atoms with Crippen LogP contribution in [0, 0.1) is 0 Å². The summed E-state index contributed by atoms with van der Waals surface area (Å²) in [7, 11) is -4.00. The van der Waals surface area contributed by atoms with Gasteiger partial charge in [-0.3, -0.25) is 4.57 Å². The Labute approximate surface area is 94.6 Å². The Kier molecular flexibility index (Phi) is 2.73. The van der Waals surface area contributed by atoms with Gasteiger partial charge in [0, 0.05) is 15.7 Å². The van der Waals surface area contributed by atoms with E-state index in [0.717, 1.165) is 15.4 Å².